The lowest BCUT2D eigenvalue weighted by atomic mass is 10.1. The number of carbonyl (C=O) groups excluding carboxylic acids is 1. The van der Waals surface area contributed by atoms with Crippen molar-refractivity contribution in [2.24, 2.45) is 0 Å². The molecule has 18 heavy (non-hydrogen) atoms. The first-order valence-corrected chi connectivity index (χ1v) is 7.53. The molecule has 0 spiro atoms. The standard InChI is InChI=1S/C14H16BrNO2/c15-7-8-16(11-5-6-11)14(17)13-9-10-3-1-2-4-12(10)18-13/h1-4,11,13H,5-9H2. The summed E-state index contributed by atoms with van der Waals surface area (Å²) in [6, 6.07) is 8.36. The molecule has 1 heterocycles. The number of benzene rings is 1. The van der Waals surface area contributed by atoms with Crippen molar-refractivity contribution in [1.29, 1.82) is 0 Å². The van der Waals surface area contributed by atoms with Crippen LogP contribution in [-0.2, 0) is 11.2 Å². The summed E-state index contributed by atoms with van der Waals surface area (Å²) in [6.07, 6.45) is 2.67. The summed E-state index contributed by atoms with van der Waals surface area (Å²) in [6.45, 7) is 0.777. The van der Waals surface area contributed by atoms with Crippen LogP contribution in [0.5, 0.6) is 5.75 Å². The number of hydrogen-bond acceptors (Lipinski definition) is 2. The number of ether oxygens (including phenoxy) is 1. The Labute approximate surface area is 115 Å². The zero-order valence-electron chi connectivity index (χ0n) is 10.1. The number of hydrogen-bond donors (Lipinski definition) is 0. The fourth-order valence-corrected chi connectivity index (χ4v) is 2.84. The number of halogens is 1. The zero-order chi connectivity index (χ0) is 12.5. The van der Waals surface area contributed by atoms with Gasteiger partial charge in [-0.25, -0.2) is 0 Å². The number of carbonyl (C=O) groups is 1. The molecule has 1 aromatic carbocycles. The van der Waals surface area contributed by atoms with Gasteiger partial charge in [-0.1, -0.05) is 34.1 Å². The molecule has 1 atom stereocenters. The van der Waals surface area contributed by atoms with E-state index in [0.29, 0.717) is 12.5 Å². The lowest BCUT2D eigenvalue weighted by Gasteiger charge is -2.24. The monoisotopic (exact) mass is 309 g/mol. The van der Waals surface area contributed by atoms with Gasteiger partial charge < -0.3 is 9.64 Å². The van der Waals surface area contributed by atoms with Crippen molar-refractivity contribution in [2.75, 3.05) is 11.9 Å². The highest BCUT2D eigenvalue weighted by molar-refractivity contribution is 9.09. The second kappa shape index (κ2) is 4.92. The van der Waals surface area contributed by atoms with E-state index in [1.807, 2.05) is 29.2 Å². The maximum absolute atomic E-state index is 12.5. The molecule has 3 nitrogen and oxygen atoms in total. The fraction of sp³-hybridized carbons (Fsp3) is 0.500. The summed E-state index contributed by atoms with van der Waals surface area (Å²) in [5, 5.41) is 0.828. The van der Waals surface area contributed by atoms with Crippen LogP contribution in [0.15, 0.2) is 24.3 Å². The molecule has 4 heteroatoms. The Kier molecular flexibility index (Phi) is 3.29. The van der Waals surface area contributed by atoms with Crippen LogP contribution in [0.4, 0.5) is 0 Å². The van der Waals surface area contributed by atoms with Crippen LogP contribution in [0, 0.1) is 0 Å². The minimum absolute atomic E-state index is 0.146. The normalized spacial score (nSPS) is 21.3. The van der Waals surface area contributed by atoms with E-state index >= 15 is 0 Å². The molecule has 1 fully saturated rings. The minimum atomic E-state index is -0.318. The van der Waals surface area contributed by atoms with Crippen LogP contribution in [0.25, 0.3) is 0 Å². The Hall–Kier alpha value is -1.03. The van der Waals surface area contributed by atoms with Crippen molar-refractivity contribution in [2.45, 2.75) is 31.4 Å². The predicted octanol–water partition coefficient (Wildman–Crippen LogP) is 2.38. The molecule has 0 saturated heterocycles. The first-order valence-electron chi connectivity index (χ1n) is 6.40. The molecule has 2 aliphatic rings. The summed E-state index contributed by atoms with van der Waals surface area (Å²) in [5.41, 5.74) is 1.14. The van der Waals surface area contributed by atoms with Gasteiger partial charge in [0.05, 0.1) is 0 Å². The Balaban J connectivity index is 1.71. The number of fused-ring (bicyclic) bond motifs is 1. The Morgan fingerprint density at radius 3 is 2.83 bits per heavy atom. The number of alkyl halides is 1. The molecule has 1 saturated carbocycles. The summed E-state index contributed by atoms with van der Waals surface area (Å²) in [5.74, 6) is 1.01. The topological polar surface area (TPSA) is 29.5 Å². The van der Waals surface area contributed by atoms with Gasteiger partial charge in [-0.15, -0.1) is 0 Å². The van der Waals surface area contributed by atoms with E-state index in [9.17, 15) is 4.79 Å². The van der Waals surface area contributed by atoms with Crippen molar-refractivity contribution in [3.05, 3.63) is 29.8 Å². The highest BCUT2D eigenvalue weighted by Crippen LogP contribution is 2.32. The van der Waals surface area contributed by atoms with Crippen molar-refractivity contribution in [3.8, 4) is 5.75 Å². The summed E-state index contributed by atoms with van der Waals surface area (Å²) < 4.78 is 5.77. The highest BCUT2D eigenvalue weighted by atomic mass is 79.9. The van der Waals surface area contributed by atoms with E-state index in [4.69, 9.17) is 4.74 Å². The van der Waals surface area contributed by atoms with E-state index < -0.39 is 0 Å². The first kappa shape index (κ1) is 12.0. The molecule has 0 bridgehead atoms. The van der Waals surface area contributed by atoms with Crippen LogP contribution in [-0.4, -0.2) is 34.8 Å². The third kappa shape index (κ3) is 2.26. The number of amides is 1. The molecule has 0 N–H and O–H groups in total. The average Bonchev–Trinajstić information content (AvgIpc) is 3.13. The molecule has 3 rings (SSSR count). The molecule has 1 aliphatic carbocycles. The van der Waals surface area contributed by atoms with Crippen LogP contribution in [0.3, 0.4) is 0 Å². The minimum Gasteiger partial charge on any atom is -0.480 e. The molecule has 1 aliphatic heterocycles. The lowest BCUT2D eigenvalue weighted by Crippen LogP contribution is -2.43. The molecule has 1 aromatic rings. The van der Waals surface area contributed by atoms with Gasteiger partial charge in [0, 0.05) is 24.3 Å². The third-order valence-corrected chi connectivity index (χ3v) is 3.87. The van der Waals surface area contributed by atoms with Crippen molar-refractivity contribution >= 4 is 21.8 Å². The van der Waals surface area contributed by atoms with Crippen LogP contribution in [0.1, 0.15) is 18.4 Å². The lowest BCUT2D eigenvalue weighted by molar-refractivity contribution is -0.138. The molecular weight excluding hydrogens is 294 g/mol. The molecule has 0 radical (unpaired) electrons. The fourth-order valence-electron chi connectivity index (χ4n) is 2.45. The largest absolute Gasteiger partial charge is 0.480 e. The summed E-state index contributed by atoms with van der Waals surface area (Å²) in [4.78, 5) is 14.4. The summed E-state index contributed by atoms with van der Waals surface area (Å²) >= 11 is 3.42. The SMILES string of the molecule is O=C(C1Cc2ccccc2O1)N(CCBr)C1CC1. The van der Waals surface area contributed by atoms with Gasteiger partial charge in [0.1, 0.15) is 5.75 Å². The Bertz CT molecular complexity index is 434. The van der Waals surface area contributed by atoms with E-state index in [1.165, 1.54) is 0 Å². The van der Waals surface area contributed by atoms with Gasteiger partial charge in [-0.2, -0.15) is 0 Å². The zero-order valence-corrected chi connectivity index (χ0v) is 11.7. The van der Waals surface area contributed by atoms with Crippen molar-refractivity contribution in [1.82, 2.24) is 4.90 Å². The molecular formula is C14H16BrNO2. The summed E-state index contributed by atoms with van der Waals surface area (Å²) in [7, 11) is 0. The first-order chi connectivity index (χ1) is 8.79. The van der Waals surface area contributed by atoms with Gasteiger partial charge in [0.2, 0.25) is 0 Å². The van der Waals surface area contributed by atoms with Crippen molar-refractivity contribution in [3.63, 3.8) is 0 Å². The Morgan fingerprint density at radius 1 is 1.39 bits per heavy atom. The second-order valence-electron chi connectivity index (χ2n) is 4.87. The van der Waals surface area contributed by atoms with Gasteiger partial charge >= 0.3 is 0 Å². The van der Waals surface area contributed by atoms with Crippen LogP contribution < -0.4 is 4.74 Å². The van der Waals surface area contributed by atoms with Gasteiger partial charge in [-0.05, 0) is 24.5 Å². The average molecular weight is 310 g/mol. The van der Waals surface area contributed by atoms with E-state index in [0.717, 1.165) is 36.0 Å². The molecule has 96 valence electrons. The third-order valence-electron chi connectivity index (χ3n) is 3.52. The van der Waals surface area contributed by atoms with E-state index in [2.05, 4.69) is 15.9 Å². The second-order valence-corrected chi connectivity index (χ2v) is 5.66. The number of nitrogens with zero attached hydrogens (tertiary/aromatic N) is 1. The smallest absolute Gasteiger partial charge is 0.264 e. The van der Waals surface area contributed by atoms with Gasteiger partial charge in [0.25, 0.3) is 5.91 Å². The number of para-hydroxylation sites is 1. The van der Waals surface area contributed by atoms with Crippen LogP contribution >= 0.6 is 15.9 Å². The highest BCUT2D eigenvalue weighted by Gasteiger charge is 2.38. The Morgan fingerprint density at radius 2 is 2.17 bits per heavy atom. The molecule has 1 unspecified atom stereocenters. The quantitative estimate of drug-likeness (QED) is 0.799. The van der Waals surface area contributed by atoms with Gasteiger partial charge in [-0.3, -0.25) is 4.79 Å². The van der Waals surface area contributed by atoms with Gasteiger partial charge in [0.15, 0.2) is 6.10 Å². The van der Waals surface area contributed by atoms with E-state index in [1.54, 1.807) is 0 Å². The molecule has 0 aromatic heterocycles. The van der Waals surface area contributed by atoms with Crippen LogP contribution in [0.2, 0.25) is 0 Å². The van der Waals surface area contributed by atoms with Crippen molar-refractivity contribution < 1.29 is 9.53 Å². The number of rotatable bonds is 4. The molecule has 1 amide bonds. The van der Waals surface area contributed by atoms with E-state index in [-0.39, 0.29) is 12.0 Å². The maximum atomic E-state index is 12.5. The maximum Gasteiger partial charge on any atom is 0.264 e. The predicted molar refractivity (Wildman–Crippen MR) is 73.1 cm³/mol.